The van der Waals surface area contributed by atoms with Crippen molar-refractivity contribution in [2.75, 3.05) is 12.3 Å². The number of halogens is 2. The van der Waals surface area contributed by atoms with Crippen LogP contribution in [0.3, 0.4) is 0 Å². The zero-order valence-corrected chi connectivity index (χ0v) is 12.4. The number of nitrogens with two attached hydrogens (primary N) is 1. The third kappa shape index (κ3) is 3.52. The smallest absolute Gasteiger partial charge is 0.257 e. The summed E-state index contributed by atoms with van der Waals surface area (Å²) in [6, 6.07) is 11.7. The molecule has 0 bridgehead atoms. The van der Waals surface area contributed by atoms with Crippen molar-refractivity contribution in [3.8, 4) is 0 Å². The van der Waals surface area contributed by atoms with E-state index in [1.807, 2.05) is 19.1 Å². The third-order valence-electron chi connectivity index (χ3n) is 3.18. The van der Waals surface area contributed by atoms with Gasteiger partial charge >= 0.3 is 0 Å². The van der Waals surface area contributed by atoms with Gasteiger partial charge in [0.05, 0.1) is 10.6 Å². The zero-order valence-electron chi connectivity index (χ0n) is 11.6. The fourth-order valence-corrected chi connectivity index (χ4v) is 2.25. The molecule has 0 atom stereocenters. The number of rotatable bonds is 4. The fraction of sp³-hybridized carbons (Fsp3) is 0.188. The Kier molecular flexibility index (Phi) is 4.81. The molecule has 0 aliphatic carbocycles. The monoisotopic (exact) mass is 306 g/mol. The number of carbonyl (C=O) groups excluding carboxylic acids is 1. The SMILES string of the molecule is CCN(Cc1cccc(N)c1)C(=O)c1cccc(Cl)c1F. The highest BCUT2D eigenvalue weighted by Crippen LogP contribution is 2.20. The van der Waals surface area contributed by atoms with Gasteiger partial charge in [0.15, 0.2) is 5.82 Å². The van der Waals surface area contributed by atoms with Crippen LogP contribution < -0.4 is 5.73 Å². The Morgan fingerprint density at radius 1 is 1.29 bits per heavy atom. The lowest BCUT2D eigenvalue weighted by Crippen LogP contribution is -2.31. The van der Waals surface area contributed by atoms with Crippen molar-refractivity contribution in [3.63, 3.8) is 0 Å². The summed E-state index contributed by atoms with van der Waals surface area (Å²) >= 11 is 5.72. The maximum Gasteiger partial charge on any atom is 0.257 e. The van der Waals surface area contributed by atoms with Gasteiger partial charge in [-0.15, -0.1) is 0 Å². The van der Waals surface area contributed by atoms with Crippen LogP contribution in [0.1, 0.15) is 22.8 Å². The molecule has 0 fully saturated rings. The number of nitrogen functional groups attached to an aromatic ring is 1. The second kappa shape index (κ2) is 6.59. The van der Waals surface area contributed by atoms with Gasteiger partial charge < -0.3 is 10.6 Å². The summed E-state index contributed by atoms with van der Waals surface area (Å²) in [6.45, 7) is 2.67. The van der Waals surface area contributed by atoms with Gasteiger partial charge in [0.25, 0.3) is 5.91 Å². The predicted octanol–water partition coefficient (Wildman–Crippen LogP) is 3.72. The number of carbonyl (C=O) groups is 1. The van der Waals surface area contributed by atoms with Crippen molar-refractivity contribution in [1.82, 2.24) is 4.90 Å². The van der Waals surface area contributed by atoms with Gasteiger partial charge in [-0.25, -0.2) is 4.39 Å². The summed E-state index contributed by atoms with van der Waals surface area (Å²) in [5, 5.41) is -0.0548. The number of amides is 1. The Bertz CT molecular complexity index is 660. The highest BCUT2D eigenvalue weighted by Gasteiger charge is 2.19. The lowest BCUT2D eigenvalue weighted by molar-refractivity contribution is 0.0748. The molecule has 0 saturated heterocycles. The van der Waals surface area contributed by atoms with Crippen molar-refractivity contribution in [2.24, 2.45) is 0 Å². The van der Waals surface area contributed by atoms with E-state index in [0.29, 0.717) is 18.8 Å². The van der Waals surface area contributed by atoms with Gasteiger partial charge in [-0.05, 0) is 36.8 Å². The number of anilines is 1. The molecule has 1 amide bonds. The van der Waals surface area contributed by atoms with Crippen LogP contribution in [-0.2, 0) is 6.54 Å². The van der Waals surface area contributed by atoms with Crippen molar-refractivity contribution in [1.29, 1.82) is 0 Å². The predicted molar refractivity (Wildman–Crippen MR) is 82.7 cm³/mol. The number of nitrogens with zero attached hydrogens (tertiary/aromatic N) is 1. The van der Waals surface area contributed by atoms with Crippen LogP contribution in [-0.4, -0.2) is 17.4 Å². The molecule has 0 aliphatic heterocycles. The van der Waals surface area contributed by atoms with Gasteiger partial charge in [-0.2, -0.15) is 0 Å². The number of hydrogen-bond acceptors (Lipinski definition) is 2. The summed E-state index contributed by atoms with van der Waals surface area (Å²) in [5.41, 5.74) is 7.23. The topological polar surface area (TPSA) is 46.3 Å². The highest BCUT2D eigenvalue weighted by atomic mass is 35.5. The van der Waals surface area contributed by atoms with Crippen molar-refractivity contribution in [2.45, 2.75) is 13.5 Å². The average Bonchev–Trinajstić information content (AvgIpc) is 2.47. The summed E-state index contributed by atoms with van der Waals surface area (Å²) in [4.78, 5) is 14.0. The van der Waals surface area contributed by atoms with Gasteiger partial charge in [-0.1, -0.05) is 29.8 Å². The molecule has 3 nitrogen and oxygen atoms in total. The molecule has 2 rings (SSSR count). The summed E-state index contributed by atoms with van der Waals surface area (Å²) in [7, 11) is 0. The Morgan fingerprint density at radius 2 is 2.00 bits per heavy atom. The van der Waals surface area contributed by atoms with Crippen LogP contribution in [0, 0.1) is 5.82 Å². The largest absolute Gasteiger partial charge is 0.399 e. The molecular weight excluding hydrogens is 291 g/mol. The molecule has 2 aromatic carbocycles. The Morgan fingerprint density at radius 3 is 2.67 bits per heavy atom. The first-order chi connectivity index (χ1) is 10.0. The van der Waals surface area contributed by atoms with E-state index < -0.39 is 5.82 Å². The van der Waals surface area contributed by atoms with E-state index in [-0.39, 0.29) is 16.5 Å². The maximum absolute atomic E-state index is 14.0. The van der Waals surface area contributed by atoms with Crippen LogP contribution >= 0.6 is 11.6 Å². The maximum atomic E-state index is 14.0. The van der Waals surface area contributed by atoms with Gasteiger partial charge in [0, 0.05) is 18.8 Å². The van der Waals surface area contributed by atoms with E-state index in [2.05, 4.69) is 0 Å². The number of benzene rings is 2. The Balaban J connectivity index is 2.25. The first kappa shape index (κ1) is 15.3. The summed E-state index contributed by atoms with van der Waals surface area (Å²) in [5.74, 6) is -1.07. The molecule has 21 heavy (non-hydrogen) atoms. The molecule has 5 heteroatoms. The lowest BCUT2D eigenvalue weighted by atomic mass is 10.1. The normalized spacial score (nSPS) is 10.4. The van der Waals surface area contributed by atoms with Crippen LogP contribution in [0.25, 0.3) is 0 Å². The van der Waals surface area contributed by atoms with Gasteiger partial charge in [0.1, 0.15) is 0 Å². The van der Waals surface area contributed by atoms with Crippen LogP contribution in [0.5, 0.6) is 0 Å². The summed E-state index contributed by atoms with van der Waals surface area (Å²) < 4.78 is 14.0. The molecule has 2 aromatic rings. The second-order valence-corrected chi connectivity index (χ2v) is 5.07. The van der Waals surface area contributed by atoms with E-state index in [0.717, 1.165) is 5.56 Å². The number of hydrogen-bond donors (Lipinski definition) is 1. The Hall–Kier alpha value is -2.07. The molecular formula is C16H16ClFN2O. The molecule has 0 aromatic heterocycles. The zero-order chi connectivity index (χ0) is 15.4. The van der Waals surface area contributed by atoms with Crippen molar-refractivity contribution in [3.05, 3.63) is 64.4 Å². The molecule has 110 valence electrons. The molecule has 2 N–H and O–H groups in total. The molecule has 0 radical (unpaired) electrons. The first-order valence-corrected chi connectivity index (χ1v) is 6.98. The minimum atomic E-state index is -0.685. The van der Waals surface area contributed by atoms with E-state index in [1.54, 1.807) is 23.1 Å². The quantitative estimate of drug-likeness (QED) is 0.875. The molecule has 0 unspecified atom stereocenters. The van der Waals surface area contributed by atoms with Crippen molar-refractivity contribution < 1.29 is 9.18 Å². The van der Waals surface area contributed by atoms with Crippen LogP contribution in [0.2, 0.25) is 5.02 Å². The third-order valence-corrected chi connectivity index (χ3v) is 3.47. The first-order valence-electron chi connectivity index (χ1n) is 6.60. The summed E-state index contributed by atoms with van der Waals surface area (Å²) in [6.07, 6.45) is 0. The minimum Gasteiger partial charge on any atom is -0.399 e. The van der Waals surface area contributed by atoms with Gasteiger partial charge in [-0.3, -0.25) is 4.79 Å². The Labute approximate surface area is 128 Å². The van der Waals surface area contributed by atoms with E-state index >= 15 is 0 Å². The molecule has 0 saturated carbocycles. The van der Waals surface area contributed by atoms with Crippen LogP contribution in [0.15, 0.2) is 42.5 Å². The van der Waals surface area contributed by atoms with E-state index in [1.165, 1.54) is 12.1 Å². The highest BCUT2D eigenvalue weighted by molar-refractivity contribution is 6.31. The molecule has 0 aliphatic rings. The van der Waals surface area contributed by atoms with Crippen LogP contribution in [0.4, 0.5) is 10.1 Å². The minimum absolute atomic E-state index is 0.0201. The fourth-order valence-electron chi connectivity index (χ4n) is 2.08. The average molecular weight is 307 g/mol. The van der Waals surface area contributed by atoms with Crippen molar-refractivity contribution >= 4 is 23.2 Å². The molecule has 0 heterocycles. The van der Waals surface area contributed by atoms with Gasteiger partial charge in [0.2, 0.25) is 0 Å². The second-order valence-electron chi connectivity index (χ2n) is 4.67. The lowest BCUT2D eigenvalue weighted by Gasteiger charge is -2.21. The van der Waals surface area contributed by atoms with E-state index in [9.17, 15) is 9.18 Å². The standard InChI is InChI=1S/C16H16ClFN2O/c1-2-20(10-11-5-3-6-12(19)9-11)16(21)13-7-4-8-14(17)15(13)18/h3-9H,2,10,19H2,1H3. The van der Waals surface area contributed by atoms with E-state index in [4.69, 9.17) is 17.3 Å². The molecule has 0 spiro atoms.